The molecule has 2 aromatic carbocycles. The number of benzene rings is 2. The van der Waals surface area contributed by atoms with Crippen molar-refractivity contribution in [1.82, 2.24) is 14.5 Å². The van der Waals surface area contributed by atoms with Gasteiger partial charge in [0.05, 0.1) is 17.5 Å². The number of sulfonamides is 1. The number of amides is 1. The summed E-state index contributed by atoms with van der Waals surface area (Å²) in [6, 6.07) is 11.6. The van der Waals surface area contributed by atoms with Crippen molar-refractivity contribution in [3.63, 3.8) is 0 Å². The molecule has 1 amide bonds. The zero-order valence-electron chi connectivity index (χ0n) is 31.1. The van der Waals surface area contributed by atoms with Crippen LogP contribution in [0.1, 0.15) is 74.4 Å². The maximum Gasteiger partial charge on any atom is 0.264 e. The van der Waals surface area contributed by atoms with Gasteiger partial charge in [-0.25, -0.2) is 13.1 Å². The quantitative estimate of drug-likeness (QED) is 0.388. The van der Waals surface area contributed by atoms with Gasteiger partial charge in [-0.1, -0.05) is 36.7 Å². The second-order valence-corrected chi connectivity index (χ2v) is 19.2. The van der Waals surface area contributed by atoms with Gasteiger partial charge in [0.1, 0.15) is 11.4 Å². The minimum Gasteiger partial charge on any atom is -0.490 e. The molecule has 6 atom stereocenters. The Morgan fingerprint density at radius 2 is 1.88 bits per heavy atom. The van der Waals surface area contributed by atoms with E-state index >= 15 is 0 Å². The number of carbonyl (C=O) groups is 1. The predicted molar refractivity (Wildman–Crippen MR) is 203 cm³/mol. The average Bonchev–Trinajstić information content (AvgIpc) is 3.21. The molecule has 9 nitrogen and oxygen atoms in total. The molecular formula is C40H55ClN4O5S. The summed E-state index contributed by atoms with van der Waals surface area (Å²) in [5.74, 6) is 0.493. The standard InChI is InChI=1S/C40H55ClN4O5S/c1-27-9-7-18-40(49-6,25-44-22-38(3,23-44)43(4)5)34-14-11-31(34)21-45-24-39(17-8-10-29-19-32(41)13-15-33(29)39)26-50-36-16-12-30(20-35(36)45)37(46)42-51(47,48)28(27)2/h7,12-13,15-16,18-20,27-28,31,34H,8-11,14,17,21-26H2,1-6H3,(H,42,46)/b18-7-/t27-,28+,31-,34+,39-,40+/m0/s1. The maximum atomic E-state index is 13.6. The lowest BCUT2D eigenvalue weighted by Crippen LogP contribution is -2.70. The summed E-state index contributed by atoms with van der Waals surface area (Å²) in [7, 11) is 2.19. The summed E-state index contributed by atoms with van der Waals surface area (Å²) in [5, 5.41) is -0.0266. The van der Waals surface area contributed by atoms with Crippen molar-refractivity contribution in [2.45, 2.75) is 81.1 Å². The van der Waals surface area contributed by atoms with E-state index in [1.807, 2.05) is 32.2 Å². The molecule has 5 aliphatic rings. The van der Waals surface area contributed by atoms with Gasteiger partial charge >= 0.3 is 0 Å². The molecule has 2 fully saturated rings. The van der Waals surface area contributed by atoms with Crippen molar-refractivity contribution in [2.24, 2.45) is 17.8 Å². The molecule has 2 aliphatic carbocycles. The number of hydrogen-bond acceptors (Lipinski definition) is 8. The summed E-state index contributed by atoms with van der Waals surface area (Å²) in [4.78, 5) is 20.9. The molecule has 51 heavy (non-hydrogen) atoms. The number of allylic oxidation sites excluding steroid dienone is 1. The number of nitrogens with one attached hydrogen (secondary N) is 1. The van der Waals surface area contributed by atoms with Gasteiger partial charge in [0.2, 0.25) is 10.0 Å². The Morgan fingerprint density at radius 1 is 1.10 bits per heavy atom. The zero-order valence-corrected chi connectivity index (χ0v) is 32.7. The van der Waals surface area contributed by atoms with Crippen LogP contribution in [0.15, 0.2) is 48.6 Å². The Bertz CT molecular complexity index is 1790. The van der Waals surface area contributed by atoms with Crippen LogP contribution in [0.4, 0.5) is 5.69 Å². The van der Waals surface area contributed by atoms with Gasteiger partial charge < -0.3 is 19.3 Å². The Hall–Kier alpha value is -2.63. The first kappa shape index (κ1) is 36.7. The zero-order chi connectivity index (χ0) is 36.3. The molecule has 3 aliphatic heterocycles. The fourth-order valence-electron chi connectivity index (χ4n) is 9.47. The highest BCUT2D eigenvalue weighted by molar-refractivity contribution is 7.90. The Balaban J connectivity index is 1.30. The molecule has 0 aromatic heterocycles. The van der Waals surface area contributed by atoms with Crippen LogP contribution < -0.4 is 14.4 Å². The molecule has 1 spiro atoms. The second-order valence-electron chi connectivity index (χ2n) is 16.7. The van der Waals surface area contributed by atoms with Crippen LogP contribution in [0.3, 0.4) is 0 Å². The Morgan fingerprint density at radius 3 is 2.59 bits per heavy atom. The fourth-order valence-corrected chi connectivity index (χ4v) is 10.9. The van der Waals surface area contributed by atoms with E-state index in [4.69, 9.17) is 21.1 Å². The van der Waals surface area contributed by atoms with Gasteiger partial charge in [-0.05, 0) is 126 Å². The van der Waals surface area contributed by atoms with Crippen molar-refractivity contribution in [2.75, 3.05) is 65.4 Å². The first-order valence-electron chi connectivity index (χ1n) is 18.7. The normalized spacial score (nSPS) is 33.9. The van der Waals surface area contributed by atoms with Crippen LogP contribution in [0.2, 0.25) is 5.02 Å². The van der Waals surface area contributed by atoms with Gasteiger partial charge in [0.15, 0.2) is 0 Å². The van der Waals surface area contributed by atoms with E-state index in [9.17, 15) is 13.2 Å². The number of hydrogen-bond donors (Lipinski definition) is 1. The number of carbonyl (C=O) groups excluding carboxylic acids is 1. The smallest absolute Gasteiger partial charge is 0.264 e. The number of fused-ring (bicyclic) bond motifs is 4. The number of likely N-dealkylation sites (tertiary alicyclic amines) is 1. The van der Waals surface area contributed by atoms with Crippen LogP contribution in [0.25, 0.3) is 0 Å². The van der Waals surface area contributed by atoms with Crippen LogP contribution in [0.5, 0.6) is 5.75 Å². The third-order valence-electron chi connectivity index (χ3n) is 13.3. The number of aryl methyl sites for hydroxylation is 1. The number of methoxy groups -OCH3 is 1. The van der Waals surface area contributed by atoms with Crippen LogP contribution in [-0.4, -0.2) is 101 Å². The summed E-state index contributed by atoms with van der Waals surface area (Å²) < 4.78 is 42.9. The lowest BCUT2D eigenvalue weighted by molar-refractivity contribution is -0.120. The van der Waals surface area contributed by atoms with E-state index in [0.717, 1.165) is 75.5 Å². The van der Waals surface area contributed by atoms with Gasteiger partial charge in [-0.2, -0.15) is 0 Å². The highest BCUT2D eigenvalue weighted by atomic mass is 35.5. The molecule has 11 heteroatoms. The SMILES string of the molecule is CO[C@@]1(CN2CC(C)(N(C)C)C2)/C=C\C[C@H](C)[C@@H](C)S(=O)(=O)NC(=O)c2ccc3c(c2)N(C[C@@H]2CC[C@H]21)C[C@@]1(CCCc2cc(Cl)ccc21)CO3. The minimum absolute atomic E-state index is 0.126. The summed E-state index contributed by atoms with van der Waals surface area (Å²) >= 11 is 6.49. The van der Waals surface area contributed by atoms with E-state index in [2.05, 4.69) is 64.7 Å². The number of halogens is 1. The molecule has 1 N–H and O–H groups in total. The molecule has 0 radical (unpaired) electrons. The molecule has 1 saturated carbocycles. The summed E-state index contributed by atoms with van der Waals surface area (Å²) in [6.07, 6.45) is 10.1. The lowest BCUT2D eigenvalue weighted by atomic mass is 9.63. The molecule has 2 bridgehead atoms. The highest BCUT2D eigenvalue weighted by Crippen LogP contribution is 2.49. The van der Waals surface area contributed by atoms with Crippen molar-refractivity contribution in [1.29, 1.82) is 0 Å². The number of likely N-dealkylation sites (N-methyl/N-ethyl adjacent to an activating group) is 1. The first-order chi connectivity index (χ1) is 24.2. The van der Waals surface area contributed by atoms with Crippen LogP contribution >= 0.6 is 11.6 Å². The van der Waals surface area contributed by atoms with E-state index in [-0.39, 0.29) is 22.8 Å². The predicted octanol–water partition coefficient (Wildman–Crippen LogP) is 5.90. The van der Waals surface area contributed by atoms with Crippen molar-refractivity contribution in [3.8, 4) is 5.75 Å². The lowest BCUT2D eigenvalue weighted by Gasteiger charge is -2.57. The first-order valence-corrected chi connectivity index (χ1v) is 20.6. The van der Waals surface area contributed by atoms with Gasteiger partial charge in [-0.15, -0.1) is 0 Å². The number of nitrogens with zero attached hydrogens (tertiary/aromatic N) is 3. The van der Waals surface area contributed by atoms with Crippen LogP contribution in [-0.2, 0) is 26.6 Å². The summed E-state index contributed by atoms with van der Waals surface area (Å²) in [6.45, 7) is 10.7. The number of anilines is 1. The molecule has 7 rings (SSSR count). The molecule has 1 saturated heterocycles. The van der Waals surface area contributed by atoms with Crippen molar-refractivity contribution < 1.29 is 22.7 Å². The average molecular weight is 739 g/mol. The molecule has 0 unspecified atom stereocenters. The van der Waals surface area contributed by atoms with E-state index < -0.39 is 26.8 Å². The monoisotopic (exact) mass is 738 g/mol. The molecule has 3 heterocycles. The van der Waals surface area contributed by atoms with Gasteiger partial charge in [0.25, 0.3) is 5.91 Å². The number of ether oxygens (including phenoxy) is 2. The van der Waals surface area contributed by atoms with Crippen molar-refractivity contribution in [3.05, 3.63) is 70.3 Å². The van der Waals surface area contributed by atoms with E-state index in [1.54, 1.807) is 13.0 Å². The highest BCUT2D eigenvalue weighted by Gasteiger charge is 2.52. The second kappa shape index (κ2) is 13.7. The molecule has 278 valence electrons. The molecule has 2 aromatic rings. The van der Waals surface area contributed by atoms with Gasteiger partial charge in [0, 0.05) is 61.4 Å². The fraction of sp³-hybridized carbons (Fsp3) is 0.625. The maximum absolute atomic E-state index is 13.6. The third kappa shape index (κ3) is 6.73. The summed E-state index contributed by atoms with van der Waals surface area (Å²) in [5.41, 5.74) is 3.04. The number of rotatable bonds is 4. The van der Waals surface area contributed by atoms with E-state index in [0.29, 0.717) is 30.3 Å². The van der Waals surface area contributed by atoms with Crippen molar-refractivity contribution >= 4 is 33.2 Å². The third-order valence-corrected chi connectivity index (χ3v) is 15.4. The van der Waals surface area contributed by atoms with Gasteiger partial charge in [-0.3, -0.25) is 9.69 Å². The van der Waals surface area contributed by atoms with Crippen LogP contribution in [0, 0.1) is 17.8 Å². The largest absolute Gasteiger partial charge is 0.490 e. The minimum atomic E-state index is -3.95. The Kier molecular flexibility index (Phi) is 9.83. The molecular weight excluding hydrogens is 684 g/mol. The van der Waals surface area contributed by atoms with E-state index in [1.165, 1.54) is 11.1 Å². The topological polar surface area (TPSA) is 91.4 Å². The Labute approximate surface area is 309 Å².